The van der Waals surface area contributed by atoms with Crippen molar-refractivity contribution in [2.24, 2.45) is 0 Å². The average Bonchev–Trinajstić information content (AvgIpc) is 3.68. The number of thioether (sulfide) groups is 1. The number of hydrogen-bond donors (Lipinski definition) is 4. The summed E-state index contributed by atoms with van der Waals surface area (Å²) >= 11 is 9.22. The van der Waals surface area contributed by atoms with Gasteiger partial charge < -0.3 is 35.8 Å². The first-order chi connectivity index (χ1) is 33.1. The summed E-state index contributed by atoms with van der Waals surface area (Å²) in [6.07, 6.45) is 2.87. The highest BCUT2D eigenvalue weighted by Gasteiger charge is 2.53. The molecule has 4 amide bonds. The first kappa shape index (κ1) is 49.6. The zero-order chi connectivity index (χ0) is 48.9. The number of hydrogen-bond acceptors (Lipinski definition) is 13. The van der Waals surface area contributed by atoms with Crippen molar-refractivity contribution >= 4 is 75.8 Å². The van der Waals surface area contributed by atoms with Crippen LogP contribution in [0.3, 0.4) is 0 Å². The van der Waals surface area contributed by atoms with Gasteiger partial charge in [0.25, 0.3) is 11.8 Å². The van der Waals surface area contributed by atoms with Gasteiger partial charge in [-0.1, -0.05) is 60.1 Å². The first-order valence-corrected chi connectivity index (χ1v) is 25.3. The minimum absolute atomic E-state index is 0.0771. The molecule has 2 saturated heterocycles. The standard InChI is InChI=1S/C50H58ClFN10O5S2/c1-31-41(68-30-56-31)35-14-12-32(13-15-35)26-54-44(63)39-7-6-20-62(39)46(65)42(58-47(66)50(52)18-19-50)49(2,3)69-29-34-10-8-33(9-11-34)28-60-21-23-61(24-22-60)45(64)36-16-17-38(40(25-36)67-5)57-48-55-27-37(51)43(53-4)59-48/h8-17,25,27,30,39,42H,6-7,18-24,26,28-29H2,1-5H3,(H,54,63)(H,58,66)(H2,53,55,57,59). The fraction of sp³-hybridized carbons (Fsp3) is 0.420. The summed E-state index contributed by atoms with van der Waals surface area (Å²) in [5.41, 5.74) is 6.09. The van der Waals surface area contributed by atoms with E-state index < -0.39 is 28.4 Å². The highest BCUT2D eigenvalue weighted by atomic mass is 35.5. The lowest BCUT2D eigenvalue weighted by Crippen LogP contribution is -2.60. The van der Waals surface area contributed by atoms with Gasteiger partial charge in [0.1, 0.15) is 28.7 Å². The Labute approximate surface area is 415 Å². The van der Waals surface area contributed by atoms with Crippen molar-refractivity contribution in [1.82, 2.24) is 40.3 Å². The topological polar surface area (TPSA) is 174 Å². The molecule has 0 radical (unpaired) electrons. The van der Waals surface area contributed by atoms with Crippen LogP contribution in [0.25, 0.3) is 10.4 Å². The monoisotopic (exact) mass is 996 g/mol. The van der Waals surface area contributed by atoms with Crippen molar-refractivity contribution in [3.05, 3.63) is 111 Å². The van der Waals surface area contributed by atoms with Crippen LogP contribution < -0.4 is 26.0 Å². The van der Waals surface area contributed by atoms with E-state index in [-0.39, 0.29) is 30.6 Å². The summed E-state index contributed by atoms with van der Waals surface area (Å²) < 4.78 is 19.9. The lowest BCUT2D eigenvalue weighted by Gasteiger charge is -2.37. The Morgan fingerprint density at radius 3 is 2.35 bits per heavy atom. The van der Waals surface area contributed by atoms with Crippen LogP contribution in [0, 0.1) is 6.92 Å². The van der Waals surface area contributed by atoms with Crippen molar-refractivity contribution < 1.29 is 28.3 Å². The summed E-state index contributed by atoms with van der Waals surface area (Å²) in [6, 6.07) is 19.8. The van der Waals surface area contributed by atoms with Gasteiger partial charge >= 0.3 is 0 Å². The van der Waals surface area contributed by atoms with Crippen LogP contribution >= 0.6 is 34.7 Å². The summed E-state index contributed by atoms with van der Waals surface area (Å²) in [5, 5.41) is 12.3. The number of aryl methyl sites for hydroxylation is 1. The van der Waals surface area contributed by atoms with Crippen molar-refractivity contribution in [1.29, 1.82) is 0 Å². The van der Waals surface area contributed by atoms with Crippen LogP contribution in [-0.2, 0) is 33.2 Å². The van der Waals surface area contributed by atoms with Gasteiger partial charge in [-0.3, -0.25) is 24.1 Å². The van der Waals surface area contributed by atoms with E-state index in [2.05, 4.69) is 65.4 Å². The molecule has 2 aromatic heterocycles. The molecule has 8 rings (SSSR count). The van der Waals surface area contributed by atoms with Gasteiger partial charge in [0, 0.05) is 68.9 Å². The van der Waals surface area contributed by atoms with Gasteiger partial charge in [-0.05, 0) is 86.9 Å². The van der Waals surface area contributed by atoms with Crippen LogP contribution in [0.15, 0.2) is 78.4 Å². The fourth-order valence-corrected chi connectivity index (χ4v) is 10.6. The third-order valence-electron chi connectivity index (χ3n) is 13.0. The van der Waals surface area contributed by atoms with Gasteiger partial charge in [-0.2, -0.15) is 4.98 Å². The Kier molecular flexibility index (Phi) is 15.4. The number of likely N-dealkylation sites (tertiary alicyclic amines) is 1. The minimum Gasteiger partial charge on any atom is -0.495 e. The van der Waals surface area contributed by atoms with Gasteiger partial charge in [0.05, 0.1) is 35.1 Å². The molecule has 2 aliphatic heterocycles. The molecule has 3 aromatic carbocycles. The highest BCUT2D eigenvalue weighted by Crippen LogP contribution is 2.41. The van der Waals surface area contributed by atoms with Crippen molar-refractivity contribution in [3.8, 4) is 16.2 Å². The van der Waals surface area contributed by atoms with E-state index >= 15 is 4.39 Å². The van der Waals surface area contributed by atoms with Gasteiger partial charge in [-0.25, -0.2) is 14.4 Å². The van der Waals surface area contributed by atoms with Crippen LogP contribution in [-0.4, -0.2) is 123 Å². The molecule has 5 aromatic rings. The van der Waals surface area contributed by atoms with Crippen molar-refractivity contribution in [2.45, 2.75) is 87.8 Å². The molecule has 2 atom stereocenters. The molecule has 2 unspecified atom stereocenters. The quantitative estimate of drug-likeness (QED) is 0.0678. The predicted molar refractivity (Wildman–Crippen MR) is 270 cm³/mol. The average molecular weight is 998 g/mol. The number of thiazole rings is 1. The minimum atomic E-state index is -1.97. The second kappa shape index (κ2) is 21.4. The summed E-state index contributed by atoms with van der Waals surface area (Å²) in [5.74, 6) is 0.324. The van der Waals surface area contributed by atoms with Gasteiger partial charge in [0.2, 0.25) is 17.8 Å². The number of benzene rings is 3. The van der Waals surface area contributed by atoms with Crippen LogP contribution in [0.1, 0.15) is 72.3 Å². The number of ether oxygens (including phenoxy) is 1. The number of nitrogens with one attached hydrogen (secondary N) is 4. The lowest BCUT2D eigenvalue weighted by molar-refractivity contribution is -0.143. The van der Waals surface area contributed by atoms with E-state index in [0.29, 0.717) is 91.7 Å². The molecule has 15 nitrogen and oxygen atoms in total. The Morgan fingerprint density at radius 2 is 1.68 bits per heavy atom. The third kappa shape index (κ3) is 11.8. The number of rotatable bonds is 18. The molecule has 4 heterocycles. The zero-order valence-corrected chi connectivity index (χ0v) is 41.8. The van der Waals surface area contributed by atoms with Crippen LogP contribution in [0.5, 0.6) is 5.75 Å². The Hall–Kier alpha value is -5.82. The molecule has 0 bridgehead atoms. The number of piperazine rings is 1. The maximum Gasteiger partial charge on any atom is 0.258 e. The Morgan fingerprint density at radius 1 is 0.971 bits per heavy atom. The molecule has 1 aliphatic carbocycles. The highest BCUT2D eigenvalue weighted by molar-refractivity contribution is 7.99. The van der Waals surface area contributed by atoms with Crippen molar-refractivity contribution in [3.63, 3.8) is 0 Å². The number of carbonyl (C=O) groups excluding carboxylic acids is 4. The predicted octanol–water partition coefficient (Wildman–Crippen LogP) is 7.62. The Bertz CT molecular complexity index is 2660. The van der Waals surface area contributed by atoms with E-state index in [0.717, 1.165) is 39.4 Å². The number of aromatic nitrogens is 3. The SMILES string of the molecule is CNc1nc(Nc2ccc(C(=O)N3CCN(Cc4ccc(CSC(C)(C)C(NC(=O)C5(F)CC5)C(=O)N5CCCC5C(=O)NCc5ccc(-c6scnc6C)cc5)cc4)CC3)cc2OC)ncc1Cl. The maximum absolute atomic E-state index is 15.1. The third-order valence-corrected chi connectivity index (χ3v) is 15.7. The molecule has 3 fully saturated rings. The normalized spacial score (nSPS) is 17.2. The molecule has 364 valence electrons. The molecular formula is C50H58ClFN10O5S2. The van der Waals surface area contributed by atoms with Crippen LogP contribution in [0.4, 0.5) is 21.8 Å². The maximum atomic E-state index is 15.1. The summed E-state index contributed by atoms with van der Waals surface area (Å²) in [7, 11) is 3.26. The number of nitrogens with zero attached hydrogens (tertiary/aromatic N) is 6. The van der Waals surface area contributed by atoms with E-state index in [1.54, 1.807) is 48.6 Å². The summed E-state index contributed by atoms with van der Waals surface area (Å²) in [6.45, 7) is 9.70. The number of alkyl halides is 1. The van der Waals surface area contributed by atoms with E-state index in [4.69, 9.17) is 16.3 Å². The molecule has 0 spiro atoms. The molecule has 4 N–H and O–H groups in total. The second-order valence-electron chi connectivity index (χ2n) is 18.2. The Balaban J connectivity index is 0.834. The van der Waals surface area contributed by atoms with Crippen molar-refractivity contribution in [2.75, 3.05) is 57.5 Å². The number of amides is 4. The molecular weight excluding hydrogens is 939 g/mol. The van der Waals surface area contributed by atoms with Gasteiger partial charge in [-0.15, -0.1) is 23.1 Å². The zero-order valence-electron chi connectivity index (χ0n) is 39.4. The number of halogens is 2. The molecule has 3 aliphatic rings. The van der Waals surface area contributed by atoms with E-state index in [1.807, 2.05) is 55.4 Å². The molecule has 69 heavy (non-hydrogen) atoms. The number of anilines is 3. The fourth-order valence-electron chi connectivity index (χ4n) is 8.55. The number of methoxy groups -OCH3 is 1. The lowest BCUT2D eigenvalue weighted by atomic mass is 10.00. The van der Waals surface area contributed by atoms with E-state index in [9.17, 15) is 19.2 Å². The van der Waals surface area contributed by atoms with E-state index in [1.165, 1.54) is 18.0 Å². The van der Waals surface area contributed by atoms with Gasteiger partial charge in [0.15, 0.2) is 5.67 Å². The molecule has 1 saturated carbocycles. The largest absolute Gasteiger partial charge is 0.495 e. The van der Waals surface area contributed by atoms with Crippen LogP contribution in [0.2, 0.25) is 5.02 Å². The first-order valence-electron chi connectivity index (χ1n) is 23.1. The summed E-state index contributed by atoms with van der Waals surface area (Å²) in [4.78, 5) is 74.7. The number of carbonyl (C=O) groups is 4. The molecule has 19 heteroatoms. The smallest absolute Gasteiger partial charge is 0.258 e. The second-order valence-corrected chi connectivity index (χ2v) is 21.1.